The molecule has 1 fully saturated rings. The zero-order valence-corrected chi connectivity index (χ0v) is 18.9. The van der Waals surface area contributed by atoms with E-state index in [2.05, 4.69) is 10.4 Å². The third kappa shape index (κ3) is 4.01. The summed E-state index contributed by atoms with van der Waals surface area (Å²) >= 11 is 0. The van der Waals surface area contributed by atoms with Gasteiger partial charge in [-0.3, -0.25) is 14.8 Å². The van der Waals surface area contributed by atoms with Crippen LogP contribution in [0.1, 0.15) is 33.8 Å². The number of aromatic nitrogens is 2. The Hall–Kier alpha value is -4.18. The molecule has 1 aliphatic heterocycles. The molecule has 10 nitrogen and oxygen atoms in total. The van der Waals surface area contributed by atoms with E-state index in [0.29, 0.717) is 0 Å². The number of rotatable bonds is 5. The summed E-state index contributed by atoms with van der Waals surface area (Å²) in [5, 5.41) is 25.9. The van der Waals surface area contributed by atoms with Gasteiger partial charge in [0.05, 0.1) is 12.3 Å². The predicted molar refractivity (Wildman–Crippen MR) is 125 cm³/mol. The number of anilines is 1. The number of carboxylic acid groups (broad SMARTS) is 1. The van der Waals surface area contributed by atoms with E-state index in [1.54, 1.807) is 7.05 Å². The van der Waals surface area contributed by atoms with Crippen LogP contribution in [0.2, 0.25) is 0 Å². The lowest BCUT2D eigenvalue weighted by Crippen LogP contribution is -2.40. The number of carboxylic acids is 1. The first kappa shape index (κ1) is 22.6. The molecule has 2 amide bonds. The molecule has 3 aromatic rings. The Morgan fingerprint density at radius 2 is 1.71 bits per heavy atom. The number of β-amino-alcohol motifs (C(OH)–C–C–N with tert-alkyl or cyclic N) is 1. The molecule has 0 spiro atoms. The van der Waals surface area contributed by atoms with Crippen LogP contribution in [0.4, 0.5) is 10.6 Å². The average Bonchev–Trinajstić information content (AvgIpc) is 3.51. The summed E-state index contributed by atoms with van der Waals surface area (Å²) < 4.78 is 6.86. The lowest BCUT2D eigenvalue weighted by atomic mass is 9.98. The Labute approximate surface area is 200 Å². The Kier molecular flexibility index (Phi) is 5.73. The highest BCUT2D eigenvalue weighted by Crippen LogP contribution is 2.44. The van der Waals surface area contributed by atoms with Crippen molar-refractivity contribution in [3.05, 3.63) is 71.4 Å². The smallest absolute Gasteiger partial charge is 0.412 e. The summed E-state index contributed by atoms with van der Waals surface area (Å²) in [6, 6.07) is 14.8. The topological polar surface area (TPSA) is 134 Å². The van der Waals surface area contributed by atoms with Gasteiger partial charge in [-0.1, -0.05) is 48.5 Å². The van der Waals surface area contributed by atoms with Crippen LogP contribution in [0.25, 0.3) is 11.1 Å². The van der Waals surface area contributed by atoms with Gasteiger partial charge >= 0.3 is 12.1 Å². The number of hydrogen-bond acceptors (Lipinski definition) is 6. The molecule has 1 aliphatic carbocycles. The highest BCUT2D eigenvalue weighted by atomic mass is 16.5. The molecule has 2 atom stereocenters. The standard InChI is InChI=1S/C25H24N4O6/c1-28-22(19(11-26-28)23(31)29-12-14(30)10-21(29)24(32)33)27-25(34)35-13-20-17-8-4-2-6-15(17)16-7-3-5-9-18(16)20/h2-9,11,14,20-21,30H,10,12-13H2,1H3,(H,27,34)(H,32,33)/t14-,21+/m1/s1. The van der Waals surface area contributed by atoms with Gasteiger partial charge in [-0.25, -0.2) is 9.59 Å². The van der Waals surface area contributed by atoms with E-state index in [0.717, 1.165) is 27.2 Å². The number of amides is 2. The molecule has 35 heavy (non-hydrogen) atoms. The van der Waals surface area contributed by atoms with E-state index in [4.69, 9.17) is 4.74 Å². The summed E-state index contributed by atoms with van der Waals surface area (Å²) in [6.07, 6.45) is -0.502. The lowest BCUT2D eigenvalue weighted by molar-refractivity contribution is -0.141. The molecule has 2 aliphatic rings. The largest absolute Gasteiger partial charge is 0.480 e. The fourth-order valence-electron chi connectivity index (χ4n) is 4.90. The Morgan fingerprint density at radius 1 is 1.09 bits per heavy atom. The van der Waals surface area contributed by atoms with E-state index in [-0.39, 0.29) is 36.9 Å². The van der Waals surface area contributed by atoms with Gasteiger partial charge in [-0.2, -0.15) is 5.10 Å². The Balaban J connectivity index is 1.31. The maximum Gasteiger partial charge on any atom is 0.412 e. The number of nitrogens with zero attached hydrogens (tertiary/aromatic N) is 3. The molecular weight excluding hydrogens is 452 g/mol. The van der Waals surface area contributed by atoms with Crippen molar-refractivity contribution < 1.29 is 29.3 Å². The number of hydrogen-bond donors (Lipinski definition) is 3. The Bertz CT molecular complexity index is 1270. The van der Waals surface area contributed by atoms with Crippen molar-refractivity contribution in [1.29, 1.82) is 0 Å². The first-order valence-corrected chi connectivity index (χ1v) is 11.2. The van der Waals surface area contributed by atoms with Crippen LogP contribution in [0, 0.1) is 0 Å². The Morgan fingerprint density at radius 3 is 2.34 bits per heavy atom. The molecular formula is C25H24N4O6. The number of fused-ring (bicyclic) bond motifs is 3. The first-order valence-electron chi connectivity index (χ1n) is 11.2. The highest BCUT2D eigenvalue weighted by molar-refractivity contribution is 6.03. The molecule has 10 heteroatoms. The van der Waals surface area contributed by atoms with Gasteiger partial charge < -0.3 is 19.8 Å². The molecule has 0 radical (unpaired) electrons. The maximum atomic E-state index is 13.1. The van der Waals surface area contributed by atoms with Crippen molar-refractivity contribution in [2.75, 3.05) is 18.5 Å². The normalized spacial score (nSPS) is 18.7. The number of aliphatic carboxylic acids is 1. The highest BCUT2D eigenvalue weighted by Gasteiger charge is 2.40. The van der Waals surface area contributed by atoms with Crippen LogP contribution >= 0.6 is 0 Å². The van der Waals surface area contributed by atoms with Crippen LogP contribution in [0.15, 0.2) is 54.7 Å². The van der Waals surface area contributed by atoms with Crippen molar-refractivity contribution in [3.63, 3.8) is 0 Å². The zero-order chi connectivity index (χ0) is 24.7. The van der Waals surface area contributed by atoms with Crippen molar-refractivity contribution in [1.82, 2.24) is 14.7 Å². The number of benzene rings is 2. The number of carbonyl (C=O) groups excluding carboxylic acids is 2. The van der Waals surface area contributed by atoms with Crippen LogP contribution < -0.4 is 5.32 Å². The number of ether oxygens (including phenoxy) is 1. The number of carbonyl (C=O) groups is 3. The maximum absolute atomic E-state index is 13.1. The van der Waals surface area contributed by atoms with E-state index >= 15 is 0 Å². The van der Waals surface area contributed by atoms with E-state index in [1.807, 2.05) is 48.5 Å². The summed E-state index contributed by atoms with van der Waals surface area (Å²) in [5.74, 6) is -1.89. The summed E-state index contributed by atoms with van der Waals surface area (Å²) in [4.78, 5) is 38.4. The van der Waals surface area contributed by atoms with Crippen molar-refractivity contribution >= 4 is 23.8 Å². The van der Waals surface area contributed by atoms with Crippen molar-refractivity contribution in [3.8, 4) is 11.1 Å². The predicted octanol–water partition coefficient (Wildman–Crippen LogP) is 2.44. The second-order valence-electron chi connectivity index (χ2n) is 8.68. The minimum absolute atomic E-state index is 0.0151. The fourth-order valence-corrected chi connectivity index (χ4v) is 4.90. The number of aliphatic hydroxyl groups is 1. The molecule has 1 aromatic heterocycles. The van der Waals surface area contributed by atoms with Gasteiger partial charge in [0.15, 0.2) is 0 Å². The second-order valence-corrected chi connectivity index (χ2v) is 8.68. The third-order valence-corrected chi connectivity index (χ3v) is 6.56. The zero-order valence-electron chi connectivity index (χ0n) is 18.9. The van der Waals surface area contributed by atoms with E-state index < -0.39 is 30.1 Å². The van der Waals surface area contributed by atoms with Crippen molar-refractivity contribution in [2.45, 2.75) is 24.5 Å². The van der Waals surface area contributed by atoms with E-state index in [9.17, 15) is 24.6 Å². The van der Waals surface area contributed by atoms with Gasteiger partial charge in [0.25, 0.3) is 5.91 Å². The fraction of sp³-hybridized carbons (Fsp3) is 0.280. The minimum atomic E-state index is -1.20. The number of aliphatic hydroxyl groups excluding tert-OH is 1. The summed E-state index contributed by atoms with van der Waals surface area (Å²) in [7, 11) is 1.55. The average molecular weight is 476 g/mol. The lowest BCUT2D eigenvalue weighted by Gasteiger charge is -2.21. The molecule has 2 heterocycles. The SMILES string of the molecule is Cn1ncc(C(=O)N2C[C@H](O)C[C@H]2C(=O)O)c1NC(=O)OCC1c2ccccc2-c2ccccc21. The number of aryl methyl sites for hydroxylation is 1. The molecule has 180 valence electrons. The molecule has 3 N–H and O–H groups in total. The summed E-state index contributed by atoms with van der Waals surface area (Å²) in [5.41, 5.74) is 4.38. The van der Waals surface area contributed by atoms with Crippen LogP contribution in [-0.4, -0.2) is 68.2 Å². The summed E-state index contributed by atoms with van der Waals surface area (Å²) in [6.45, 7) is -0.0184. The number of likely N-dealkylation sites (tertiary alicyclic amines) is 1. The first-order chi connectivity index (χ1) is 16.8. The molecule has 0 bridgehead atoms. The van der Waals surface area contributed by atoms with Gasteiger partial charge in [0, 0.05) is 25.9 Å². The van der Waals surface area contributed by atoms with Crippen LogP contribution in [0.3, 0.4) is 0 Å². The van der Waals surface area contributed by atoms with Gasteiger partial charge in [-0.05, 0) is 22.3 Å². The molecule has 5 rings (SSSR count). The van der Waals surface area contributed by atoms with Gasteiger partial charge in [-0.15, -0.1) is 0 Å². The van der Waals surface area contributed by atoms with Crippen LogP contribution in [0.5, 0.6) is 0 Å². The van der Waals surface area contributed by atoms with Crippen molar-refractivity contribution in [2.24, 2.45) is 7.05 Å². The van der Waals surface area contributed by atoms with E-state index in [1.165, 1.54) is 10.9 Å². The minimum Gasteiger partial charge on any atom is -0.480 e. The molecule has 0 saturated carbocycles. The second kappa shape index (κ2) is 8.88. The van der Waals surface area contributed by atoms with Gasteiger partial charge in [0.1, 0.15) is 24.0 Å². The van der Waals surface area contributed by atoms with Gasteiger partial charge in [0.2, 0.25) is 0 Å². The monoisotopic (exact) mass is 476 g/mol. The molecule has 0 unspecified atom stereocenters. The number of nitrogens with one attached hydrogen (secondary N) is 1. The molecule has 2 aromatic carbocycles. The third-order valence-electron chi connectivity index (χ3n) is 6.56. The molecule has 1 saturated heterocycles. The quantitative estimate of drug-likeness (QED) is 0.515. The van der Waals surface area contributed by atoms with Crippen LogP contribution in [-0.2, 0) is 16.6 Å².